The Morgan fingerprint density at radius 3 is 2.65 bits per heavy atom. The highest BCUT2D eigenvalue weighted by molar-refractivity contribution is 7.46. The maximum atomic E-state index is 10.7. The van der Waals surface area contributed by atoms with Crippen LogP contribution in [0, 0.1) is 0 Å². The summed E-state index contributed by atoms with van der Waals surface area (Å²) in [6.45, 7) is 1.99. The molecule has 2 rings (SSSR count). The molecule has 0 saturated heterocycles. The van der Waals surface area contributed by atoms with Gasteiger partial charge in [0.25, 0.3) is 0 Å². The van der Waals surface area contributed by atoms with Crippen molar-refractivity contribution in [2.75, 3.05) is 0 Å². The standard InChI is InChI=1S/C11H12NO4P/c1-2-9-5-3-8-4-6-10(7-11(8)12-9)16-17(13,14)15/h3-7H,2H2,1H3,(H2,13,14,15). The molecule has 90 valence electrons. The number of rotatable bonds is 3. The summed E-state index contributed by atoms with van der Waals surface area (Å²) in [5.74, 6) is 0.117. The summed E-state index contributed by atoms with van der Waals surface area (Å²) in [6, 6.07) is 8.59. The van der Waals surface area contributed by atoms with E-state index in [9.17, 15) is 4.57 Å². The molecule has 2 aromatic rings. The van der Waals surface area contributed by atoms with Gasteiger partial charge in [0.15, 0.2) is 0 Å². The molecule has 1 aromatic carbocycles. The molecule has 0 aliphatic heterocycles. The van der Waals surface area contributed by atoms with Crippen molar-refractivity contribution in [1.82, 2.24) is 4.98 Å². The van der Waals surface area contributed by atoms with Gasteiger partial charge in [-0.15, -0.1) is 0 Å². The molecular formula is C11H12NO4P. The summed E-state index contributed by atoms with van der Waals surface area (Å²) in [5.41, 5.74) is 1.58. The van der Waals surface area contributed by atoms with Crippen molar-refractivity contribution < 1.29 is 18.9 Å². The minimum atomic E-state index is -4.51. The van der Waals surface area contributed by atoms with Crippen molar-refractivity contribution in [2.45, 2.75) is 13.3 Å². The molecule has 0 saturated carbocycles. The third kappa shape index (κ3) is 3.03. The lowest BCUT2D eigenvalue weighted by atomic mass is 10.2. The molecule has 0 amide bonds. The van der Waals surface area contributed by atoms with Crippen LogP contribution in [0.25, 0.3) is 10.9 Å². The van der Waals surface area contributed by atoms with Crippen molar-refractivity contribution in [3.8, 4) is 5.75 Å². The number of fused-ring (bicyclic) bond motifs is 1. The summed E-state index contributed by atoms with van der Waals surface area (Å²) in [4.78, 5) is 21.8. The zero-order valence-corrected chi connectivity index (χ0v) is 10.1. The lowest BCUT2D eigenvalue weighted by Gasteiger charge is -2.07. The van der Waals surface area contributed by atoms with E-state index in [0.29, 0.717) is 5.52 Å². The van der Waals surface area contributed by atoms with Gasteiger partial charge in [0.2, 0.25) is 0 Å². The van der Waals surface area contributed by atoms with Crippen LogP contribution in [0.4, 0.5) is 0 Å². The van der Waals surface area contributed by atoms with E-state index in [1.54, 1.807) is 6.07 Å². The Morgan fingerprint density at radius 1 is 1.29 bits per heavy atom. The number of aryl methyl sites for hydroxylation is 1. The molecule has 0 radical (unpaired) electrons. The topological polar surface area (TPSA) is 79.7 Å². The minimum absolute atomic E-state index is 0.117. The van der Waals surface area contributed by atoms with Crippen LogP contribution < -0.4 is 4.52 Å². The van der Waals surface area contributed by atoms with Gasteiger partial charge in [-0.25, -0.2) is 4.57 Å². The fourth-order valence-corrected chi connectivity index (χ4v) is 1.92. The molecule has 17 heavy (non-hydrogen) atoms. The molecule has 0 atom stereocenters. The second kappa shape index (κ2) is 4.45. The number of nitrogens with zero attached hydrogens (tertiary/aromatic N) is 1. The van der Waals surface area contributed by atoms with Gasteiger partial charge in [-0.05, 0) is 24.6 Å². The van der Waals surface area contributed by atoms with Crippen molar-refractivity contribution in [1.29, 1.82) is 0 Å². The van der Waals surface area contributed by atoms with Gasteiger partial charge in [0, 0.05) is 17.1 Å². The summed E-state index contributed by atoms with van der Waals surface area (Å²) in [7, 11) is -4.51. The molecule has 1 aromatic heterocycles. The molecular weight excluding hydrogens is 241 g/mol. The third-order valence-electron chi connectivity index (χ3n) is 2.31. The van der Waals surface area contributed by atoms with Crippen LogP contribution in [0.5, 0.6) is 5.75 Å². The van der Waals surface area contributed by atoms with Gasteiger partial charge in [0.05, 0.1) is 5.52 Å². The first-order valence-electron chi connectivity index (χ1n) is 5.13. The molecule has 0 aliphatic rings. The van der Waals surface area contributed by atoms with E-state index in [2.05, 4.69) is 9.51 Å². The zero-order valence-electron chi connectivity index (χ0n) is 9.20. The van der Waals surface area contributed by atoms with Crippen LogP contribution in [0.3, 0.4) is 0 Å². The van der Waals surface area contributed by atoms with E-state index in [4.69, 9.17) is 9.79 Å². The van der Waals surface area contributed by atoms with E-state index in [-0.39, 0.29) is 5.75 Å². The Balaban J connectivity index is 2.44. The SMILES string of the molecule is CCc1ccc2ccc(OP(=O)(O)O)cc2n1. The number of benzene rings is 1. The number of aromatic nitrogens is 1. The van der Waals surface area contributed by atoms with Crippen molar-refractivity contribution in [3.63, 3.8) is 0 Å². The fourth-order valence-electron chi connectivity index (χ4n) is 1.53. The highest BCUT2D eigenvalue weighted by Crippen LogP contribution is 2.38. The van der Waals surface area contributed by atoms with E-state index < -0.39 is 7.82 Å². The molecule has 0 spiro atoms. The smallest absolute Gasteiger partial charge is 0.404 e. The average molecular weight is 253 g/mol. The van der Waals surface area contributed by atoms with Gasteiger partial charge in [-0.2, -0.15) is 0 Å². The van der Waals surface area contributed by atoms with Crippen LogP contribution in [-0.4, -0.2) is 14.8 Å². The van der Waals surface area contributed by atoms with Crippen LogP contribution >= 0.6 is 7.82 Å². The largest absolute Gasteiger partial charge is 0.524 e. The van der Waals surface area contributed by atoms with Gasteiger partial charge in [-0.3, -0.25) is 14.8 Å². The molecule has 1 heterocycles. The maximum Gasteiger partial charge on any atom is 0.524 e. The summed E-state index contributed by atoms with van der Waals surface area (Å²) >= 11 is 0. The second-order valence-electron chi connectivity index (χ2n) is 3.59. The highest BCUT2D eigenvalue weighted by atomic mass is 31.2. The molecule has 2 N–H and O–H groups in total. The fraction of sp³-hybridized carbons (Fsp3) is 0.182. The van der Waals surface area contributed by atoms with Crippen molar-refractivity contribution >= 4 is 18.7 Å². The predicted molar refractivity (Wildman–Crippen MR) is 63.8 cm³/mol. The highest BCUT2D eigenvalue weighted by Gasteiger charge is 2.15. The Kier molecular flexibility index (Phi) is 3.15. The third-order valence-corrected chi connectivity index (χ3v) is 2.76. The predicted octanol–water partition coefficient (Wildman–Crippen LogP) is 2.27. The van der Waals surface area contributed by atoms with E-state index >= 15 is 0 Å². The Hall–Kier alpha value is -1.42. The van der Waals surface area contributed by atoms with Gasteiger partial charge in [0.1, 0.15) is 5.75 Å². The quantitative estimate of drug-likeness (QED) is 0.820. The molecule has 0 aliphatic carbocycles. The van der Waals surface area contributed by atoms with Crippen LogP contribution in [0.15, 0.2) is 30.3 Å². The Morgan fingerprint density at radius 2 is 2.00 bits per heavy atom. The molecule has 6 heteroatoms. The van der Waals surface area contributed by atoms with Crippen molar-refractivity contribution in [3.05, 3.63) is 36.0 Å². The van der Waals surface area contributed by atoms with Crippen LogP contribution in [0.2, 0.25) is 0 Å². The zero-order chi connectivity index (χ0) is 12.5. The monoisotopic (exact) mass is 253 g/mol. The first kappa shape index (κ1) is 12.0. The van der Waals surface area contributed by atoms with E-state index in [1.807, 2.05) is 19.1 Å². The second-order valence-corrected chi connectivity index (χ2v) is 4.76. The summed E-state index contributed by atoms with van der Waals surface area (Å²) in [5, 5.41) is 0.903. The number of pyridine rings is 1. The molecule has 0 fully saturated rings. The van der Waals surface area contributed by atoms with E-state index in [1.165, 1.54) is 12.1 Å². The number of phosphoric acid groups is 1. The molecule has 5 nitrogen and oxygen atoms in total. The van der Waals surface area contributed by atoms with Gasteiger partial charge >= 0.3 is 7.82 Å². The molecule has 0 unspecified atom stereocenters. The number of phosphoric ester groups is 1. The average Bonchev–Trinajstić information content (AvgIpc) is 2.26. The normalized spacial score (nSPS) is 11.7. The first-order valence-corrected chi connectivity index (χ1v) is 6.66. The number of hydrogen-bond donors (Lipinski definition) is 2. The van der Waals surface area contributed by atoms with Gasteiger partial charge in [-0.1, -0.05) is 13.0 Å². The van der Waals surface area contributed by atoms with Crippen LogP contribution in [0.1, 0.15) is 12.6 Å². The molecule has 0 bridgehead atoms. The first-order chi connectivity index (χ1) is 7.98. The Bertz CT molecular complexity index is 593. The van der Waals surface area contributed by atoms with Crippen LogP contribution in [-0.2, 0) is 11.0 Å². The summed E-state index contributed by atoms with van der Waals surface area (Å²) < 4.78 is 15.2. The van der Waals surface area contributed by atoms with Crippen molar-refractivity contribution in [2.24, 2.45) is 0 Å². The summed E-state index contributed by atoms with van der Waals surface area (Å²) in [6.07, 6.45) is 0.805. The minimum Gasteiger partial charge on any atom is -0.404 e. The maximum absolute atomic E-state index is 10.7. The lowest BCUT2D eigenvalue weighted by Crippen LogP contribution is -1.92. The Labute approximate surface area is 98.3 Å². The number of hydrogen-bond acceptors (Lipinski definition) is 3. The van der Waals surface area contributed by atoms with Gasteiger partial charge < -0.3 is 4.52 Å². The van der Waals surface area contributed by atoms with E-state index in [0.717, 1.165) is 17.5 Å². The lowest BCUT2D eigenvalue weighted by molar-refractivity contribution is 0.283.